The fourth-order valence-corrected chi connectivity index (χ4v) is 0.576. The van der Waals surface area contributed by atoms with Crippen LogP contribution in [0, 0.1) is 0 Å². The fraction of sp³-hybridized carbons (Fsp3) is 0.333. The summed E-state index contributed by atoms with van der Waals surface area (Å²) in [6.45, 7) is 2.11. The summed E-state index contributed by atoms with van der Waals surface area (Å²) in [5.74, 6) is 0. The Morgan fingerprint density at radius 3 is 1.64 bits per heavy atom. The zero-order valence-electron chi connectivity index (χ0n) is 6.02. The minimum absolute atomic E-state index is 0. The van der Waals surface area contributed by atoms with E-state index in [1.807, 2.05) is 0 Å². The smallest absolute Gasteiger partial charge is 0 e. The molecule has 5 heteroatoms. The van der Waals surface area contributed by atoms with Crippen molar-refractivity contribution in [2.45, 2.75) is 13.3 Å². The third-order valence-electron chi connectivity index (χ3n) is 0.957. The van der Waals surface area contributed by atoms with Crippen molar-refractivity contribution >= 4 is 0 Å². The van der Waals surface area contributed by atoms with Gasteiger partial charge < -0.3 is 0 Å². The Labute approximate surface area is 78.7 Å². The van der Waals surface area contributed by atoms with Gasteiger partial charge in [-0.1, -0.05) is 23.8 Å². The molecule has 0 atom stereocenters. The monoisotopic (exact) mass is 341 g/mol. The average molecular weight is 341 g/mol. The van der Waals surface area contributed by atoms with Crippen LogP contribution in [0.15, 0.2) is 23.8 Å². The molecule has 11 heavy (non-hydrogen) atoms. The van der Waals surface area contributed by atoms with Crippen LogP contribution < -0.4 is 0 Å². The average Bonchev–Trinajstić information content (AvgIpc) is 1.86. The van der Waals surface area contributed by atoms with Crippen molar-refractivity contribution in [2.75, 3.05) is 0 Å². The predicted molar refractivity (Wildman–Crippen MR) is 37.5 cm³/mol. The Morgan fingerprint density at radius 1 is 1.09 bits per heavy atom. The normalized spacial score (nSPS) is 10.1. The van der Waals surface area contributed by atoms with Gasteiger partial charge in [-0.2, -0.15) is 0 Å². The standard InChI is InChI=1S/C6H8.4FH.Ta/c1-6-4-2-3-5-6;;;;;/h2,4-5H,3H2,1H3;4*1H;. The van der Waals surface area contributed by atoms with E-state index in [1.54, 1.807) is 0 Å². The molecular weight excluding hydrogens is 329 g/mol. The molecule has 1 aliphatic rings. The van der Waals surface area contributed by atoms with E-state index in [1.165, 1.54) is 5.57 Å². The molecule has 0 bridgehead atoms. The van der Waals surface area contributed by atoms with Gasteiger partial charge in [0.1, 0.15) is 0 Å². The minimum Gasteiger partial charge on any atom is -0.269 e. The van der Waals surface area contributed by atoms with Gasteiger partial charge in [-0.15, -0.1) is 0 Å². The molecule has 0 spiro atoms. The van der Waals surface area contributed by atoms with E-state index in [4.69, 9.17) is 0 Å². The van der Waals surface area contributed by atoms with Gasteiger partial charge >= 0.3 is 0 Å². The molecule has 0 aromatic rings. The van der Waals surface area contributed by atoms with Crippen molar-refractivity contribution in [1.82, 2.24) is 0 Å². The van der Waals surface area contributed by atoms with Crippen LogP contribution in [0.25, 0.3) is 0 Å². The maximum atomic E-state index is 2.21. The van der Waals surface area contributed by atoms with Gasteiger partial charge in [0.2, 0.25) is 0 Å². The van der Waals surface area contributed by atoms with Gasteiger partial charge in [-0.3, -0.25) is 18.8 Å². The third kappa shape index (κ3) is 13.0. The molecular formula is C6H12F4Ta. The van der Waals surface area contributed by atoms with Gasteiger partial charge in [-0.25, -0.2) is 0 Å². The number of rotatable bonds is 0. The Morgan fingerprint density at radius 2 is 1.55 bits per heavy atom. The first kappa shape index (κ1) is 30.6. The van der Waals surface area contributed by atoms with E-state index in [-0.39, 0.29) is 41.2 Å². The Hall–Kier alpha value is -0.0597. The number of hydrogen-bond acceptors (Lipinski definition) is 0. The van der Waals surface area contributed by atoms with Gasteiger partial charge in [0.15, 0.2) is 0 Å². The van der Waals surface area contributed by atoms with E-state index in [9.17, 15) is 0 Å². The number of halogens is 4. The first-order valence-electron chi connectivity index (χ1n) is 2.23. The van der Waals surface area contributed by atoms with Crippen LogP contribution >= 0.6 is 0 Å². The molecule has 0 nitrogen and oxygen atoms in total. The van der Waals surface area contributed by atoms with E-state index in [0.717, 1.165) is 6.42 Å². The molecule has 1 aliphatic carbocycles. The van der Waals surface area contributed by atoms with Crippen LogP contribution in [-0.4, -0.2) is 0 Å². The first-order chi connectivity index (χ1) is 2.89. The van der Waals surface area contributed by atoms with Gasteiger partial charge in [0.25, 0.3) is 0 Å². The van der Waals surface area contributed by atoms with Crippen molar-refractivity contribution in [2.24, 2.45) is 0 Å². The molecule has 1 rings (SSSR count). The zero-order valence-corrected chi connectivity index (χ0v) is 9.23. The van der Waals surface area contributed by atoms with E-state index >= 15 is 0 Å². The third-order valence-corrected chi connectivity index (χ3v) is 0.957. The number of hydrogen-bond donors (Lipinski definition) is 0. The fourth-order valence-electron chi connectivity index (χ4n) is 0.576. The van der Waals surface area contributed by atoms with Crippen LogP contribution in [0.3, 0.4) is 0 Å². The van der Waals surface area contributed by atoms with E-state index in [0.29, 0.717) is 0 Å². The summed E-state index contributed by atoms with van der Waals surface area (Å²) >= 11 is 0. The molecule has 0 aliphatic heterocycles. The summed E-state index contributed by atoms with van der Waals surface area (Å²) in [6, 6.07) is 0. The Kier molecular flexibility index (Phi) is 45.9. The van der Waals surface area contributed by atoms with Gasteiger partial charge in [0, 0.05) is 22.4 Å². The van der Waals surface area contributed by atoms with Crippen LogP contribution in [0.1, 0.15) is 13.3 Å². The molecule has 0 saturated heterocycles. The molecule has 0 fully saturated rings. The summed E-state index contributed by atoms with van der Waals surface area (Å²) in [5, 5.41) is 0. The van der Waals surface area contributed by atoms with Crippen molar-refractivity contribution < 1.29 is 41.2 Å². The molecule has 0 aromatic carbocycles. The second-order valence-electron chi connectivity index (χ2n) is 1.59. The summed E-state index contributed by atoms with van der Waals surface area (Å²) < 4.78 is 0. The predicted octanol–water partition coefficient (Wildman–Crippen LogP) is 2.50. The SMILES string of the molecule is CC1=CCC=C1.F.F.F.F.[Ta]. The van der Waals surface area contributed by atoms with Crippen LogP contribution in [0.5, 0.6) is 0 Å². The van der Waals surface area contributed by atoms with E-state index < -0.39 is 0 Å². The van der Waals surface area contributed by atoms with Crippen LogP contribution in [0.4, 0.5) is 18.8 Å². The zero-order chi connectivity index (χ0) is 4.41. The second kappa shape index (κ2) is 16.5. The van der Waals surface area contributed by atoms with Crippen LogP contribution in [0.2, 0.25) is 0 Å². The summed E-state index contributed by atoms with van der Waals surface area (Å²) in [4.78, 5) is 0. The summed E-state index contributed by atoms with van der Waals surface area (Å²) in [5.41, 5.74) is 1.40. The molecule has 0 N–H and O–H groups in total. The van der Waals surface area contributed by atoms with Crippen molar-refractivity contribution in [3.05, 3.63) is 23.8 Å². The van der Waals surface area contributed by atoms with Crippen molar-refractivity contribution in [3.8, 4) is 0 Å². The molecule has 0 amide bonds. The molecule has 0 unspecified atom stereocenters. The maximum absolute atomic E-state index is 2.21. The largest absolute Gasteiger partial charge is 0.269 e. The Bertz CT molecular complexity index is 108. The molecule has 1 radical (unpaired) electrons. The topological polar surface area (TPSA) is 0 Å². The number of allylic oxidation sites excluding steroid dienone is 4. The second-order valence-corrected chi connectivity index (χ2v) is 1.59. The van der Waals surface area contributed by atoms with Crippen molar-refractivity contribution in [3.63, 3.8) is 0 Å². The summed E-state index contributed by atoms with van der Waals surface area (Å²) in [7, 11) is 0. The Balaban J connectivity index is -0.0000000240. The summed E-state index contributed by atoms with van der Waals surface area (Å²) in [6.07, 6.45) is 7.65. The minimum atomic E-state index is 0. The van der Waals surface area contributed by atoms with Crippen molar-refractivity contribution in [1.29, 1.82) is 0 Å². The first-order valence-corrected chi connectivity index (χ1v) is 2.23. The molecule has 0 heterocycles. The van der Waals surface area contributed by atoms with Gasteiger partial charge in [-0.05, 0) is 13.3 Å². The quantitative estimate of drug-likeness (QED) is 0.594. The van der Waals surface area contributed by atoms with E-state index in [2.05, 4.69) is 25.2 Å². The molecule has 69 valence electrons. The van der Waals surface area contributed by atoms with Crippen LogP contribution in [-0.2, 0) is 22.4 Å². The molecule has 0 saturated carbocycles. The maximum Gasteiger partial charge on any atom is 0 e. The van der Waals surface area contributed by atoms with Gasteiger partial charge in [0.05, 0.1) is 0 Å². The molecule has 0 aromatic heterocycles.